The van der Waals surface area contributed by atoms with Crippen molar-refractivity contribution in [2.24, 2.45) is 0 Å². The van der Waals surface area contributed by atoms with E-state index < -0.39 is 0 Å². The van der Waals surface area contributed by atoms with Gasteiger partial charge in [0.15, 0.2) is 0 Å². The van der Waals surface area contributed by atoms with Crippen molar-refractivity contribution in [1.82, 2.24) is 25.1 Å². The summed E-state index contributed by atoms with van der Waals surface area (Å²) in [5.74, 6) is 1.67. The number of rotatable bonds is 9. The van der Waals surface area contributed by atoms with Gasteiger partial charge in [0.1, 0.15) is 0 Å². The summed E-state index contributed by atoms with van der Waals surface area (Å²) in [7, 11) is 0. The Morgan fingerprint density at radius 1 is 0.519 bits per heavy atom. The SMILES string of the molecule is CC(C)c1cc(-c2cc(-c3ccccn3)cc(N(c3ccccc3)c3cccc(-c4cc(-c5nnc(C(C)(C)C)o5)ccn4)c3)c2)cc(C(C)C)n1. The van der Waals surface area contributed by atoms with E-state index in [4.69, 9.17) is 19.4 Å². The molecule has 0 atom stereocenters. The quantitative estimate of drug-likeness (QED) is 0.150. The van der Waals surface area contributed by atoms with Crippen molar-refractivity contribution in [3.63, 3.8) is 0 Å². The Morgan fingerprint density at radius 2 is 1.17 bits per heavy atom. The lowest BCUT2D eigenvalue weighted by Gasteiger charge is -2.27. The molecule has 0 saturated carbocycles. The molecule has 0 bridgehead atoms. The highest BCUT2D eigenvalue weighted by Gasteiger charge is 2.23. The topological polar surface area (TPSA) is 80.8 Å². The van der Waals surface area contributed by atoms with Crippen molar-refractivity contribution in [3.8, 4) is 45.1 Å². The number of hydrogen-bond acceptors (Lipinski definition) is 7. The molecule has 7 nitrogen and oxygen atoms in total. The number of benzene rings is 3. The highest BCUT2D eigenvalue weighted by molar-refractivity contribution is 5.85. The minimum absolute atomic E-state index is 0.241. The Morgan fingerprint density at radius 3 is 1.85 bits per heavy atom. The smallest absolute Gasteiger partial charge is 0.247 e. The monoisotopic (exact) mass is 684 g/mol. The lowest BCUT2D eigenvalue weighted by atomic mass is 9.95. The first kappa shape index (κ1) is 34.5. The summed E-state index contributed by atoms with van der Waals surface area (Å²) in [6, 6.07) is 40.1. The Hall–Kier alpha value is -5.95. The van der Waals surface area contributed by atoms with E-state index in [1.807, 2.05) is 36.5 Å². The van der Waals surface area contributed by atoms with Gasteiger partial charge in [-0.05, 0) is 102 Å². The second kappa shape index (κ2) is 14.3. The van der Waals surface area contributed by atoms with Crippen LogP contribution in [-0.4, -0.2) is 25.1 Å². The van der Waals surface area contributed by atoms with Crippen molar-refractivity contribution in [1.29, 1.82) is 0 Å². The third-order valence-electron chi connectivity index (χ3n) is 9.01. The van der Waals surface area contributed by atoms with Crippen LogP contribution in [0, 0.1) is 0 Å². The van der Waals surface area contributed by atoms with E-state index >= 15 is 0 Å². The molecule has 7 rings (SSSR count). The van der Waals surface area contributed by atoms with Gasteiger partial charge in [-0.1, -0.05) is 84.9 Å². The van der Waals surface area contributed by atoms with Crippen molar-refractivity contribution in [2.75, 3.05) is 4.90 Å². The predicted octanol–water partition coefficient (Wildman–Crippen LogP) is 11.9. The summed E-state index contributed by atoms with van der Waals surface area (Å²) < 4.78 is 6.07. The van der Waals surface area contributed by atoms with Gasteiger partial charge in [-0.2, -0.15) is 0 Å². The molecule has 7 aromatic rings. The predicted molar refractivity (Wildman–Crippen MR) is 211 cm³/mol. The van der Waals surface area contributed by atoms with Gasteiger partial charge in [-0.15, -0.1) is 10.2 Å². The van der Waals surface area contributed by atoms with Gasteiger partial charge in [0.2, 0.25) is 11.8 Å². The molecule has 0 aliphatic carbocycles. The number of anilines is 3. The van der Waals surface area contributed by atoms with Crippen LogP contribution in [0.2, 0.25) is 0 Å². The Bertz CT molecular complexity index is 2280. The number of hydrogen-bond donors (Lipinski definition) is 0. The minimum Gasteiger partial charge on any atom is -0.420 e. The molecule has 0 aliphatic rings. The summed E-state index contributed by atoms with van der Waals surface area (Å²) in [6.07, 6.45) is 3.64. The first-order chi connectivity index (χ1) is 25.0. The van der Waals surface area contributed by atoms with E-state index in [0.717, 1.165) is 67.7 Å². The molecule has 0 unspecified atom stereocenters. The lowest BCUT2D eigenvalue weighted by Crippen LogP contribution is -2.11. The first-order valence-electron chi connectivity index (χ1n) is 17.9. The summed E-state index contributed by atoms with van der Waals surface area (Å²) in [4.78, 5) is 16.9. The molecule has 0 aliphatic heterocycles. The molecule has 0 N–H and O–H groups in total. The van der Waals surface area contributed by atoms with Gasteiger partial charge in [0, 0.05) is 62.9 Å². The molecule has 52 heavy (non-hydrogen) atoms. The molecule has 0 amide bonds. The molecule has 4 heterocycles. The molecular formula is C45H44N6O. The molecule has 0 spiro atoms. The van der Waals surface area contributed by atoms with Crippen molar-refractivity contribution in [2.45, 2.75) is 65.7 Å². The van der Waals surface area contributed by atoms with E-state index in [1.165, 1.54) is 0 Å². The van der Waals surface area contributed by atoms with E-state index in [9.17, 15) is 0 Å². The lowest BCUT2D eigenvalue weighted by molar-refractivity contribution is 0.399. The molecular weight excluding hydrogens is 641 g/mol. The van der Waals surface area contributed by atoms with Gasteiger partial charge >= 0.3 is 0 Å². The largest absolute Gasteiger partial charge is 0.420 e. The van der Waals surface area contributed by atoms with Crippen LogP contribution in [0.15, 0.2) is 132 Å². The van der Waals surface area contributed by atoms with Gasteiger partial charge in [0.05, 0.1) is 11.4 Å². The summed E-state index contributed by atoms with van der Waals surface area (Å²) in [5, 5.41) is 8.65. The number of para-hydroxylation sites is 1. The molecule has 4 aromatic heterocycles. The van der Waals surface area contributed by atoms with Gasteiger partial charge in [-0.25, -0.2) is 0 Å². The van der Waals surface area contributed by atoms with E-state index in [2.05, 4.69) is 148 Å². The van der Waals surface area contributed by atoms with Crippen LogP contribution in [-0.2, 0) is 5.41 Å². The fourth-order valence-electron chi connectivity index (χ4n) is 6.11. The fourth-order valence-corrected chi connectivity index (χ4v) is 6.11. The van der Waals surface area contributed by atoms with E-state index in [-0.39, 0.29) is 5.41 Å². The van der Waals surface area contributed by atoms with Crippen LogP contribution >= 0.6 is 0 Å². The van der Waals surface area contributed by atoms with E-state index in [0.29, 0.717) is 23.6 Å². The van der Waals surface area contributed by atoms with Gasteiger partial charge in [-0.3, -0.25) is 15.0 Å². The zero-order chi connectivity index (χ0) is 36.4. The Labute approximate surface area is 306 Å². The third kappa shape index (κ3) is 7.40. The zero-order valence-electron chi connectivity index (χ0n) is 30.9. The number of aromatic nitrogens is 5. The molecule has 260 valence electrons. The molecule has 0 fully saturated rings. The third-order valence-corrected chi connectivity index (χ3v) is 9.01. The zero-order valence-corrected chi connectivity index (χ0v) is 30.9. The van der Waals surface area contributed by atoms with E-state index in [1.54, 1.807) is 6.20 Å². The standard InChI is InChI=1S/C45H44N6O/c1-29(2)40-27-34(28-41(48-40)30(3)4)33-22-35(39-18-11-12-20-46-39)25-38(24-33)51(36-15-9-8-10-16-36)37-17-13-14-31(23-37)42-26-32(19-21-47-42)43-49-50-44(52-43)45(5,6)7/h8-30H,1-7H3. The maximum absolute atomic E-state index is 6.07. The summed E-state index contributed by atoms with van der Waals surface area (Å²) in [5.41, 5.74) is 11.8. The van der Waals surface area contributed by atoms with Crippen LogP contribution in [0.4, 0.5) is 17.1 Å². The van der Waals surface area contributed by atoms with Crippen LogP contribution in [0.1, 0.15) is 77.6 Å². The van der Waals surface area contributed by atoms with Gasteiger partial charge in [0.25, 0.3) is 0 Å². The average molecular weight is 685 g/mol. The van der Waals surface area contributed by atoms with Crippen LogP contribution < -0.4 is 4.90 Å². The Balaban J connectivity index is 1.38. The second-order valence-corrected chi connectivity index (χ2v) is 14.8. The highest BCUT2D eigenvalue weighted by atomic mass is 16.4. The maximum Gasteiger partial charge on any atom is 0.247 e. The number of pyridine rings is 3. The maximum atomic E-state index is 6.07. The Kier molecular flexibility index (Phi) is 9.52. The molecule has 0 radical (unpaired) electrons. The summed E-state index contributed by atoms with van der Waals surface area (Å²) >= 11 is 0. The molecule has 3 aromatic carbocycles. The summed E-state index contributed by atoms with van der Waals surface area (Å²) in [6.45, 7) is 15.0. The fraction of sp³-hybridized carbons (Fsp3) is 0.222. The van der Waals surface area contributed by atoms with Crippen LogP contribution in [0.5, 0.6) is 0 Å². The second-order valence-electron chi connectivity index (χ2n) is 14.8. The number of nitrogens with zero attached hydrogens (tertiary/aromatic N) is 6. The molecule has 7 heteroatoms. The average Bonchev–Trinajstić information content (AvgIpc) is 3.68. The van der Waals surface area contributed by atoms with Crippen molar-refractivity contribution < 1.29 is 4.42 Å². The van der Waals surface area contributed by atoms with Crippen LogP contribution in [0.25, 0.3) is 45.1 Å². The normalized spacial score (nSPS) is 11.7. The van der Waals surface area contributed by atoms with Crippen LogP contribution in [0.3, 0.4) is 0 Å². The van der Waals surface area contributed by atoms with Gasteiger partial charge < -0.3 is 9.32 Å². The van der Waals surface area contributed by atoms with Crippen molar-refractivity contribution >= 4 is 17.1 Å². The first-order valence-corrected chi connectivity index (χ1v) is 17.9. The van der Waals surface area contributed by atoms with Crippen molar-refractivity contribution in [3.05, 3.63) is 145 Å². The highest BCUT2D eigenvalue weighted by Crippen LogP contribution is 2.41. The minimum atomic E-state index is -0.241. The molecule has 0 saturated heterocycles.